The van der Waals surface area contributed by atoms with Crippen molar-refractivity contribution in [2.45, 2.75) is 4.90 Å². The van der Waals surface area contributed by atoms with Crippen molar-refractivity contribution in [3.8, 4) is 0 Å². The lowest BCUT2D eigenvalue weighted by Crippen LogP contribution is -2.47. The van der Waals surface area contributed by atoms with Gasteiger partial charge in [0.25, 0.3) is 15.5 Å². The molecule has 2 aromatic carbocycles. The fourth-order valence-corrected chi connectivity index (χ4v) is 2.33. The minimum absolute atomic E-state index is 0.0859. The van der Waals surface area contributed by atoms with Crippen LogP contribution in [0.25, 0.3) is 21.4 Å². The summed E-state index contributed by atoms with van der Waals surface area (Å²) in [5.41, 5.74) is 6.02. The predicted molar refractivity (Wildman–Crippen MR) is 70.7 cm³/mol. The van der Waals surface area contributed by atoms with Crippen molar-refractivity contribution >= 4 is 20.9 Å². The maximum Gasteiger partial charge on any atom is 0.339 e. The molecule has 0 fully saturated rings. The fraction of sp³-hybridized carbons (Fsp3) is 0. The summed E-state index contributed by atoms with van der Waals surface area (Å²) < 4.78 is 31.1. The van der Waals surface area contributed by atoms with E-state index in [1.54, 1.807) is 0 Å². The highest BCUT2D eigenvalue weighted by atomic mass is 32.2. The molecule has 0 aliphatic rings. The van der Waals surface area contributed by atoms with E-state index in [-0.39, 0.29) is 10.8 Å². The first-order valence-corrected chi connectivity index (χ1v) is 6.80. The Balaban J connectivity index is 3.24. The first-order chi connectivity index (χ1) is 10.3. The van der Waals surface area contributed by atoms with E-state index in [1.807, 2.05) is 0 Å². The van der Waals surface area contributed by atoms with Gasteiger partial charge in [-0.05, 0) is 12.1 Å². The van der Waals surface area contributed by atoms with Crippen LogP contribution in [0.1, 0.15) is 0 Å². The quantitative estimate of drug-likeness (QED) is 0.248. The average molecular weight is 320 g/mol. The van der Waals surface area contributed by atoms with Crippen LogP contribution < -0.4 is 21.6 Å². The molecule has 0 saturated heterocycles. The van der Waals surface area contributed by atoms with Crippen molar-refractivity contribution in [1.29, 1.82) is 5.39 Å². The predicted octanol–water partition coefficient (Wildman–Crippen LogP) is -0.811. The van der Waals surface area contributed by atoms with Gasteiger partial charge in [-0.2, -0.15) is 8.42 Å². The van der Waals surface area contributed by atoms with Crippen molar-refractivity contribution in [2.75, 3.05) is 0 Å². The lowest BCUT2D eigenvalue weighted by molar-refractivity contribution is 0.483. The normalized spacial score (nSPS) is 13.3. The Bertz CT molecular complexity index is 1170. The van der Waals surface area contributed by atoms with Crippen LogP contribution in [0.2, 0.25) is 0 Å². The molecule has 12 heteroatoms. The molecular formula is C10H4N6O5S. The molecule has 0 unspecified atom stereocenters. The Labute approximate surface area is 120 Å². The molecule has 0 heterocycles. The van der Waals surface area contributed by atoms with Gasteiger partial charge >= 0.3 is 5.08 Å². The molecular weight excluding hydrogens is 316 g/mol. The van der Waals surface area contributed by atoms with E-state index in [0.717, 1.165) is 18.2 Å². The van der Waals surface area contributed by atoms with Crippen LogP contribution in [0, 0.1) is 5.39 Å². The first-order valence-electron chi connectivity index (χ1n) is 5.36. The largest absolute Gasteiger partial charge is 0.362 e. The van der Waals surface area contributed by atoms with Crippen molar-refractivity contribution < 1.29 is 13.0 Å². The summed E-state index contributed by atoms with van der Waals surface area (Å²) in [5.74, 6) is 0. The van der Waals surface area contributed by atoms with E-state index in [9.17, 15) is 18.0 Å². The third kappa shape index (κ3) is 2.41. The van der Waals surface area contributed by atoms with Crippen molar-refractivity contribution in [3.63, 3.8) is 0 Å². The van der Waals surface area contributed by atoms with Crippen LogP contribution in [0.15, 0.2) is 48.1 Å². The zero-order chi connectivity index (χ0) is 16.5. The summed E-state index contributed by atoms with van der Waals surface area (Å²) >= 11 is 0. The average Bonchev–Trinajstić information content (AvgIpc) is 2.47. The monoisotopic (exact) mass is 320 g/mol. The molecule has 11 nitrogen and oxygen atoms in total. The van der Waals surface area contributed by atoms with Gasteiger partial charge in [-0.15, -0.1) is 0 Å². The van der Waals surface area contributed by atoms with E-state index in [2.05, 4.69) is 20.5 Å². The third-order valence-corrected chi connectivity index (χ3v) is 3.57. The molecule has 110 valence electrons. The number of diazo groups is 1. The van der Waals surface area contributed by atoms with Gasteiger partial charge in [0.2, 0.25) is 10.9 Å². The molecule has 2 rings (SSSR count). The number of fused-ring (bicyclic) bond motifs is 1. The van der Waals surface area contributed by atoms with Crippen LogP contribution in [0.5, 0.6) is 0 Å². The molecule has 1 N–H and O–H groups in total. The highest BCUT2D eigenvalue weighted by molar-refractivity contribution is 7.85. The number of hydrogen-bond donors (Lipinski definition) is 1. The van der Waals surface area contributed by atoms with Gasteiger partial charge in [-0.3, -0.25) is 19.4 Å². The Morgan fingerprint density at radius 3 is 2.36 bits per heavy atom. The molecule has 0 atom stereocenters. The van der Waals surface area contributed by atoms with E-state index in [4.69, 9.17) is 15.5 Å². The molecule has 0 aliphatic carbocycles. The van der Waals surface area contributed by atoms with Crippen LogP contribution in [-0.2, 0) is 10.1 Å². The number of benzene rings is 2. The van der Waals surface area contributed by atoms with Crippen LogP contribution >= 0.6 is 0 Å². The molecule has 0 saturated carbocycles. The lowest BCUT2D eigenvalue weighted by Gasteiger charge is -2.00. The molecule has 22 heavy (non-hydrogen) atoms. The molecule has 0 radical (unpaired) electrons. The second-order valence-corrected chi connectivity index (χ2v) is 5.34. The Morgan fingerprint density at radius 2 is 1.82 bits per heavy atom. The Kier molecular flexibility index (Phi) is 3.68. The van der Waals surface area contributed by atoms with E-state index in [1.165, 1.54) is 0 Å². The first kappa shape index (κ1) is 15.2. The number of hydrogen-bond acceptors (Lipinski definition) is 7. The minimum Gasteiger partial charge on any atom is -0.362 e. The summed E-state index contributed by atoms with van der Waals surface area (Å²) in [7, 11) is -4.60. The summed E-state index contributed by atoms with van der Waals surface area (Å²) in [6, 6.07) is 2.77. The van der Waals surface area contributed by atoms with Crippen molar-refractivity contribution in [1.82, 2.24) is 0 Å². The van der Waals surface area contributed by atoms with E-state index < -0.39 is 36.6 Å². The highest BCUT2D eigenvalue weighted by Gasteiger charge is 2.15. The summed E-state index contributed by atoms with van der Waals surface area (Å²) in [5, 5.41) is 18.1. The van der Waals surface area contributed by atoms with Gasteiger partial charge in [-0.1, -0.05) is 6.07 Å². The molecule has 0 amide bonds. The van der Waals surface area contributed by atoms with Crippen LogP contribution in [-0.4, -0.2) is 13.0 Å². The summed E-state index contributed by atoms with van der Waals surface area (Å²) in [4.78, 5) is 23.2. The Morgan fingerprint density at radius 1 is 1.14 bits per heavy atom. The van der Waals surface area contributed by atoms with Gasteiger partial charge in [0.1, 0.15) is 0 Å². The maximum atomic E-state index is 12.0. The van der Waals surface area contributed by atoms with Crippen LogP contribution in [0.3, 0.4) is 0 Å². The van der Waals surface area contributed by atoms with Crippen molar-refractivity contribution in [2.24, 2.45) is 15.4 Å². The lowest BCUT2D eigenvalue weighted by atomic mass is 10.1. The summed E-state index contributed by atoms with van der Waals surface area (Å²) in [6.45, 7) is 0. The molecule has 0 aliphatic heterocycles. The third-order valence-electron chi connectivity index (χ3n) is 2.72. The van der Waals surface area contributed by atoms with Gasteiger partial charge in [0.05, 0.1) is 10.3 Å². The zero-order valence-corrected chi connectivity index (χ0v) is 11.2. The molecule has 2 aromatic rings. The fourth-order valence-electron chi connectivity index (χ4n) is 1.83. The number of rotatable bonds is 2. The second kappa shape index (κ2) is 5.31. The maximum absolute atomic E-state index is 12.0. The van der Waals surface area contributed by atoms with E-state index >= 15 is 0 Å². The smallest absolute Gasteiger partial charge is 0.339 e. The SMILES string of the molecule is N#[N+]N=c1c(=NN=[N-])c(=O)c(=O)c2cc(S(=O)(=O)O)ccc12. The molecule has 0 spiro atoms. The molecule has 0 bridgehead atoms. The minimum atomic E-state index is -4.60. The number of nitrogens with zero attached hydrogens (tertiary/aromatic N) is 6. The molecule has 0 aromatic heterocycles. The van der Waals surface area contributed by atoms with Crippen LogP contribution in [0.4, 0.5) is 0 Å². The topological polar surface area (TPSA) is 176 Å². The standard InChI is InChI=1S/C10H4N6O5S/c11-15-13-7-5-2-1-4(22(19,20)21)3-6(5)9(17)10(18)8(7)14-16-12/h1-3H,(H,19,20,21). The van der Waals surface area contributed by atoms with Gasteiger partial charge in [0, 0.05) is 10.8 Å². The van der Waals surface area contributed by atoms with E-state index in [0.29, 0.717) is 0 Å². The van der Waals surface area contributed by atoms with Gasteiger partial charge < -0.3 is 10.6 Å². The Hall–Kier alpha value is -3.17. The highest BCUT2D eigenvalue weighted by Crippen LogP contribution is 2.12. The van der Waals surface area contributed by atoms with Gasteiger partial charge in [-0.25, -0.2) is 0 Å². The van der Waals surface area contributed by atoms with Crippen molar-refractivity contribution in [3.05, 3.63) is 60.0 Å². The zero-order valence-electron chi connectivity index (χ0n) is 10.4. The second-order valence-electron chi connectivity index (χ2n) is 3.92. The summed E-state index contributed by atoms with van der Waals surface area (Å²) in [6.07, 6.45) is 0. The van der Waals surface area contributed by atoms with Gasteiger partial charge in [0.15, 0.2) is 10.5 Å².